The summed E-state index contributed by atoms with van der Waals surface area (Å²) < 4.78 is 10.7. The highest BCUT2D eigenvalue weighted by molar-refractivity contribution is 7.99. The van der Waals surface area contributed by atoms with Crippen molar-refractivity contribution in [1.29, 1.82) is 5.26 Å². The van der Waals surface area contributed by atoms with Crippen molar-refractivity contribution >= 4 is 35.0 Å². The Hall–Kier alpha value is -2.36. The van der Waals surface area contributed by atoms with Crippen LogP contribution in [0.25, 0.3) is 0 Å². The van der Waals surface area contributed by atoms with Crippen LogP contribution in [0.4, 0.5) is 5.69 Å². The fraction of sp³-hybridized carbons (Fsp3) is 0.222. The van der Waals surface area contributed by atoms with Crippen LogP contribution in [-0.4, -0.2) is 25.4 Å². The minimum Gasteiger partial charge on any atom is -0.493 e. The average Bonchev–Trinajstić information content (AvgIpc) is 2.62. The van der Waals surface area contributed by atoms with Crippen LogP contribution in [0.3, 0.4) is 0 Å². The first-order valence-electron chi connectivity index (χ1n) is 7.50. The number of carbonyl (C=O) groups is 1. The minimum absolute atomic E-state index is 0.189. The third-order valence-corrected chi connectivity index (χ3v) is 4.36. The van der Waals surface area contributed by atoms with Crippen molar-refractivity contribution in [2.45, 2.75) is 11.8 Å². The molecule has 5 nitrogen and oxygen atoms in total. The predicted octanol–water partition coefficient (Wildman–Crippen LogP) is 4.35. The molecule has 1 amide bonds. The van der Waals surface area contributed by atoms with Crippen LogP contribution in [0.1, 0.15) is 12.5 Å². The molecule has 0 radical (unpaired) electrons. The molecule has 1 N–H and O–H groups in total. The Kier molecular flexibility index (Phi) is 6.99. The number of hydrogen-bond donors (Lipinski definition) is 1. The van der Waals surface area contributed by atoms with Crippen molar-refractivity contribution in [3.63, 3.8) is 0 Å². The SMILES string of the molecule is CCSc1ccc(Cl)cc1NC(=O)COc1ccc(C#N)cc1OC. The van der Waals surface area contributed by atoms with Gasteiger partial charge in [0.25, 0.3) is 5.91 Å². The summed E-state index contributed by atoms with van der Waals surface area (Å²) in [4.78, 5) is 13.1. The molecular formula is C18H17ClN2O3S. The molecule has 7 heteroatoms. The number of nitrogens with zero attached hydrogens (tertiary/aromatic N) is 1. The van der Waals surface area contributed by atoms with Gasteiger partial charge in [0.1, 0.15) is 0 Å². The number of amides is 1. The molecule has 0 spiro atoms. The van der Waals surface area contributed by atoms with Gasteiger partial charge in [0, 0.05) is 16.0 Å². The summed E-state index contributed by atoms with van der Waals surface area (Å²) in [5.41, 5.74) is 1.11. The zero-order valence-electron chi connectivity index (χ0n) is 13.8. The van der Waals surface area contributed by atoms with Gasteiger partial charge in [0.05, 0.1) is 24.4 Å². The van der Waals surface area contributed by atoms with E-state index in [1.54, 1.807) is 42.1 Å². The summed E-state index contributed by atoms with van der Waals surface area (Å²) in [5.74, 6) is 1.36. The Bertz CT molecular complexity index is 805. The lowest BCUT2D eigenvalue weighted by Crippen LogP contribution is -2.20. The third-order valence-electron chi connectivity index (χ3n) is 3.17. The van der Waals surface area contributed by atoms with E-state index in [4.69, 9.17) is 26.3 Å². The van der Waals surface area contributed by atoms with Crippen LogP contribution in [0, 0.1) is 11.3 Å². The van der Waals surface area contributed by atoms with Gasteiger partial charge in [-0.2, -0.15) is 5.26 Å². The molecule has 0 aliphatic carbocycles. The minimum atomic E-state index is -0.313. The second-order valence-corrected chi connectivity index (χ2v) is 6.63. The maximum atomic E-state index is 12.2. The van der Waals surface area contributed by atoms with Crippen LogP contribution in [0.2, 0.25) is 5.02 Å². The third kappa shape index (κ3) is 5.31. The first-order chi connectivity index (χ1) is 12.1. The molecule has 0 aliphatic heterocycles. The second kappa shape index (κ2) is 9.21. The molecule has 0 bridgehead atoms. The molecule has 2 aromatic carbocycles. The summed E-state index contributed by atoms with van der Waals surface area (Å²) in [6.07, 6.45) is 0. The number of nitriles is 1. The quantitative estimate of drug-likeness (QED) is 0.727. The first kappa shape index (κ1) is 19.0. The van der Waals surface area contributed by atoms with E-state index in [1.165, 1.54) is 7.11 Å². The van der Waals surface area contributed by atoms with Crippen LogP contribution < -0.4 is 14.8 Å². The zero-order valence-corrected chi connectivity index (χ0v) is 15.4. The Labute approximate surface area is 155 Å². The van der Waals surface area contributed by atoms with Crippen molar-refractivity contribution in [1.82, 2.24) is 0 Å². The molecule has 0 aliphatic rings. The summed E-state index contributed by atoms with van der Waals surface area (Å²) in [7, 11) is 1.48. The van der Waals surface area contributed by atoms with Gasteiger partial charge in [-0.15, -0.1) is 11.8 Å². The van der Waals surface area contributed by atoms with E-state index in [1.807, 2.05) is 19.1 Å². The monoisotopic (exact) mass is 376 g/mol. The van der Waals surface area contributed by atoms with E-state index in [9.17, 15) is 4.79 Å². The highest BCUT2D eigenvalue weighted by atomic mass is 35.5. The molecule has 2 rings (SSSR count). The number of carbonyl (C=O) groups excluding carboxylic acids is 1. The number of rotatable bonds is 7. The molecule has 0 saturated carbocycles. The summed E-state index contributed by atoms with van der Waals surface area (Å²) in [6, 6.07) is 12.1. The van der Waals surface area contributed by atoms with E-state index < -0.39 is 0 Å². The number of ether oxygens (including phenoxy) is 2. The van der Waals surface area contributed by atoms with E-state index in [0.29, 0.717) is 27.8 Å². The van der Waals surface area contributed by atoms with Gasteiger partial charge in [-0.25, -0.2) is 0 Å². The van der Waals surface area contributed by atoms with Gasteiger partial charge in [-0.3, -0.25) is 4.79 Å². The lowest BCUT2D eigenvalue weighted by Gasteiger charge is -2.13. The predicted molar refractivity (Wildman–Crippen MR) is 99.7 cm³/mol. The Morgan fingerprint density at radius 2 is 2.08 bits per heavy atom. The number of methoxy groups -OCH3 is 1. The van der Waals surface area contributed by atoms with Gasteiger partial charge >= 0.3 is 0 Å². The van der Waals surface area contributed by atoms with E-state index in [2.05, 4.69) is 5.32 Å². The lowest BCUT2D eigenvalue weighted by molar-refractivity contribution is -0.118. The van der Waals surface area contributed by atoms with Crippen molar-refractivity contribution in [2.24, 2.45) is 0 Å². The van der Waals surface area contributed by atoms with Crippen molar-refractivity contribution in [3.05, 3.63) is 47.0 Å². The highest BCUT2D eigenvalue weighted by Crippen LogP contribution is 2.30. The number of halogens is 1. The van der Waals surface area contributed by atoms with Gasteiger partial charge in [0.15, 0.2) is 18.1 Å². The fourth-order valence-electron chi connectivity index (χ4n) is 2.07. The molecule has 0 aromatic heterocycles. The van der Waals surface area contributed by atoms with Crippen LogP contribution in [-0.2, 0) is 4.79 Å². The molecule has 0 fully saturated rings. The number of anilines is 1. The summed E-state index contributed by atoms with van der Waals surface area (Å²) in [5, 5.41) is 12.3. The maximum absolute atomic E-state index is 12.2. The lowest BCUT2D eigenvalue weighted by atomic mass is 10.2. The Balaban J connectivity index is 2.04. The Morgan fingerprint density at radius 1 is 1.28 bits per heavy atom. The van der Waals surface area contributed by atoms with Crippen molar-refractivity contribution in [3.8, 4) is 17.6 Å². The number of hydrogen-bond acceptors (Lipinski definition) is 5. The van der Waals surface area contributed by atoms with Crippen LogP contribution in [0.15, 0.2) is 41.3 Å². The van der Waals surface area contributed by atoms with Gasteiger partial charge < -0.3 is 14.8 Å². The fourth-order valence-corrected chi connectivity index (χ4v) is 2.98. The summed E-state index contributed by atoms with van der Waals surface area (Å²) in [6.45, 7) is 1.84. The van der Waals surface area contributed by atoms with E-state index in [-0.39, 0.29) is 12.5 Å². The van der Waals surface area contributed by atoms with Gasteiger partial charge in [-0.05, 0) is 36.1 Å². The molecule has 25 heavy (non-hydrogen) atoms. The topological polar surface area (TPSA) is 71.3 Å². The number of nitrogens with one attached hydrogen (secondary N) is 1. The standard InChI is InChI=1S/C18H17ClN2O3S/c1-3-25-17-7-5-13(19)9-14(17)21-18(22)11-24-15-6-4-12(10-20)8-16(15)23-2/h4-9H,3,11H2,1-2H3,(H,21,22). The normalized spacial score (nSPS) is 10.0. The maximum Gasteiger partial charge on any atom is 0.262 e. The average molecular weight is 377 g/mol. The number of thioether (sulfide) groups is 1. The van der Waals surface area contributed by atoms with Gasteiger partial charge in [-0.1, -0.05) is 18.5 Å². The number of benzene rings is 2. The Morgan fingerprint density at radius 3 is 2.76 bits per heavy atom. The van der Waals surface area contributed by atoms with Crippen LogP contribution >= 0.6 is 23.4 Å². The van der Waals surface area contributed by atoms with Gasteiger partial charge in [0.2, 0.25) is 0 Å². The first-order valence-corrected chi connectivity index (χ1v) is 8.86. The molecular weight excluding hydrogens is 360 g/mol. The van der Waals surface area contributed by atoms with E-state index in [0.717, 1.165) is 10.6 Å². The zero-order chi connectivity index (χ0) is 18.2. The van der Waals surface area contributed by atoms with E-state index >= 15 is 0 Å². The highest BCUT2D eigenvalue weighted by Gasteiger charge is 2.11. The second-order valence-electron chi connectivity index (χ2n) is 4.89. The van der Waals surface area contributed by atoms with Crippen molar-refractivity contribution < 1.29 is 14.3 Å². The van der Waals surface area contributed by atoms with Crippen molar-refractivity contribution in [2.75, 3.05) is 24.8 Å². The summed E-state index contributed by atoms with van der Waals surface area (Å²) >= 11 is 7.62. The molecule has 0 heterocycles. The molecule has 0 unspecified atom stereocenters. The smallest absolute Gasteiger partial charge is 0.262 e. The molecule has 130 valence electrons. The molecule has 0 atom stereocenters. The molecule has 0 saturated heterocycles. The largest absolute Gasteiger partial charge is 0.493 e. The van der Waals surface area contributed by atoms with Crippen LogP contribution in [0.5, 0.6) is 11.5 Å². The molecule has 2 aromatic rings.